The molecule has 0 aromatic heterocycles. The normalized spacial score (nSPS) is 11.2. The summed E-state index contributed by atoms with van der Waals surface area (Å²) in [6.07, 6.45) is 0. The lowest BCUT2D eigenvalue weighted by molar-refractivity contribution is 0.514. The molecular formula is C15H16O2P+. The summed E-state index contributed by atoms with van der Waals surface area (Å²) in [5.74, 6) is 0.637. The first-order valence-electron chi connectivity index (χ1n) is 5.86. The highest BCUT2D eigenvalue weighted by Crippen LogP contribution is 2.29. The standard InChI is InChI=1S/C15H16O2P/c1-11-9-12(2)15(13(3)10-11)18(16)17-14-7-5-4-6-8-14/h4-10H,1-3H3/q+1. The molecule has 0 bridgehead atoms. The van der Waals surface area contributed by atoms with Gasteiger partial charge in [-0.05, 0) is 37.5 Å². The molecule has 0 N–H and O–H groups in total. The predicted molar refractivity (Wildman–Crippen MR) is 75.0 cm³/mol. The number of para-hydroxylation sites is 1. The Hall–Kier alpha value is -1.66. The van der Waals surface area contributed by atoms with Crippen molar-refractivity contribution < 1.29 is 9.09 Å². The van der Waals surface area contributed by atoms with Gasteiger partial charge in [-0.2, -0.15) is 0 Å². The van der Waals surface area contributed by atoms with Crippen LogP contribution in [0.5, 0.6) is 5.75 Å². The van der Waals surface area contributed by atoms with Crippen LogP contribution in [0, 0.1) is 20.8 Å². The Bertz CT molecular complexity index is 553. The van der Waals surface area contributed by atoms with Crippen molar-refractivity contribution >= 4 is 13.3 Å². The number of hydrogen-bond donors (Lipinski definition) is 0. The first-order valence-corrected chi connectivity index (χ1v) is 7.04. The molecule has 3 heteroatoms. The van der Waals surface area contributed by atoms with E-state index in [2.05, 4.69) is 0 Å². The molecule has 1 atom stereocenters. The quantitative estimate of drug-likeness (QED) is 0.777. The molecule has 0 radical (unpaired) electrons. The molecular weight excluding hydrogens is 243 g/mol. The van der Waals surface area contributed by atoms with Gasteiger partial charge in [-0.25, -0.2) is 0 Å². The molecule has 92 valence electrons. The molecule has 2 aromatic carbocycles. The van der Waals surface area contributed by atoms with Gasteiger partial charge >= 0.3 is 8.03 Å². The molecule has 2 rings (SSSR count). The molecule has 2 nitrogen and oxygen atoms in total. The maximum absolute atomic E-state index is 12.3. The van der Waals surface area contributed by atoms with Crippen molar-refractivity contribution in [3.63, 3.8) is 0 Å². The summed E-state index contributed by atoms with van der Waals surface area (Å²) in [6, 6.07) is 13.3. The van der Waals surface area contributed by atoms with Crippen molar-refractivity contribution in [3.8, 4) is 5.75 Å². The van der Waals surface area contributed by atoms with Gasteiger partial charge in [-0.3, -0.25) is 4.52 Å². The average molecular weight is 259 g/mol. The minimum Gasteiger partial charge on any atom is -0.250 e. The summed E-state index contributed by atoms with van der Waals surface area (Å²) in [5, 5.41) is 0.805. The van der Waals surface area contributed by atoms with Gasteiger partial charge in [0.05, 0.1) is 0 Å². The Morgan fingerprint density at radius 3 is 2.06 bits per heavy atom. The second-order valence-corrected chi connectivity index (χ2v) is 5.55. The van der Waals surface area contributed by atoms with Crippen molar-refractivity contribution in [2.45, 2.75) is 20.8 Å². The molecule has 0 saturated heterocycles. The van der Waals surface area contributed by atoms with Gasteiger partial charge in [0.25, 0.3) is 0 Å². The zero-order valence-electron chi connectivity index (χ0n) is 10.8. The van der Waals surface area contributed by atoms with Gasteiger partial charge < -0.3 is 0 Å². The third-order valence-electron chi connectivity index (χ3n) is 2.75. The van der Waals surface area contributed by atoms with Crippen molar-refractivity contribution in [1.82, 2.24) is 0 Å². The van der Waals surface area contributed by atoms with E-state index < -0.39 is 8.03 Å². The summed E-state index contributed by atoms with van der Waals surface area (Å²) >= 11 is 0. The SMILES string of the molecule is Cc1cc(C)c([P+](=O)Oc2ccccc2)c(C)c1. The zero-order chi connectivity index (χ0) is 13.1. The molecule has 0 heterocycles. The second-order valence-electron chi connectivity index (χ2n) is 4.41. The Morgan fingerprint density at radius 2 is 1.50 bits per heavy atom. The van der Waals surface area contributed by atoms with E-state index in [-0.39, 0.29) is 0 Å². The van der Waals surface area contributed by atoms with Crippen LogP contribution < -0.4 is 9.83 Å². The Labute approximate surface area is 108 Å². The lowest BCUT2D eigenvalue weighted by Crippen LogP contribution is -2.09. The fourth-order valence-corrected chi connectivity index (χ4v) is 3.19. The van der Waals surface area contributed by atoms with E-state index in [1.54, 1.807) is 0 Å². The monoisotopic (exact) mass is 259 g/mol. The maximum atomic E-state index is 12.3. The van der Waals surface area contributed by atoms with Crippen LogP contribution in [0.25, 0.3) is 0 Å². The summed E-state index contributed by atoms with van der Waals surface area (Å²) in [6.45, 7) is 5.97. The van der Waals surface area contributed by atoms with Crippen LogP contribution in [0.3, 0.4) is 0 Å². The van der Waals surface area contributed by atoms with Crippen LogP contribution in [0.4, 0.5) is 0 Å². The number of benzene rings is 2. The van der Waals surface area contributed by atoms with Crippen LogP contribution in [-0.2, 0) is 4.57 Å². The number of aryl methyl sites for hydroxylation is 3. The van der Waals surface area contributed by atoms with Gasteiger partial charge in [0.15, 0.2) is 5.75 Å². The minimum atomic E-state index is -1.86. The topological polar surface area (TPSA) is 26.3 Å². The van der Waals surface area contributed by atoms with E-state index in [4.69, 9.17) is 4.52 Å². The first kappa shape index (κ1) is 12.8. The zero-order valence-corrected chi connectivity index (χ0v) is 11.7. The van der Waals surface area contributed by atoms with Gasteiger partial charge in [0, 0.05) is 11.1 Å². The Balaban J connectivity index is 2.30. The van der Waals surface area contributed by atoms with Crippen molar-refractivity contribution in [2.75, 3.05) is 0 Å². The molecule has 0 spiro atoms. The van der Waals surface area contributed by atoms with Crippen molar-refractivity contribution in [1.29, 1.82) is 0 Å². The van der Waals surface area contributed by atoms with Gasteiger partial charge in [-0.1, -0.05) is 35.9 Å². The lowest BCUT2D eigenvalue weighted by atomic mass is 10.1. The largest absolute Gasteiger partial charge is 0.597 e. The third kappa shape index (κ3) is 2.77. The molecule has 0 fully saturated rings. The summed E-state index contributed by atoms with van der Waals surface area (Å²) < 4.78 is 17.8. The van der Waals surface area contributed by atoms with Crippen LogP contribution in [0.2, 0.25) is 0 Å². The van der Waals surface area contributed by atoms with Gasteiger partial charge in [0.2, 0.25) is 5.30 Å². The van der Waals surface area contributed by atoms with Crippen LogP contribution in [0.1, 0.15) is 16.7 Å². The molecule has 18 heavy (non-hydrogen) atoms. The highest BCUT2D eigenvalue weighted by Gasteiger charge is 2.28. The molecule has 1 unspecified atom stereocenters. The fraction of sp³-hybridized carbons (Fsp3) is 0.200. The lowest BCUT2D eigenvalue weighted by Gasteiger charge is -2.01. The van der Waals surface area contributed by atoms with E-state index in [0.717, 1.165) is 16.4 Å². The van der Waals surface area contributed by atoms with Crippen LogP contribution >= 0.6 is 8.03 Å². The Kier molecular flexibility index (Phi) is 3.78. The van der Waals surface area contributed by atoms with Crippen molar-refractivity contribution in [3.05, 3.63) is 59.2 Å². The van der Waals surface area contributed by atoms with E-state index in [0.29, 0.717) is 5.75 Å². The summed E-state index contributed by atoms with van der Waals surface area (Å²) in [5.41, 5.74) is 3.21. The van der Waals surface area contributed by atoms with Gasteiger partial charge in [0.1, 0.15) is 0 Å². The smallest absolute Gasteiger partial charge is 0.250 e. The highest BCUT2D eigenvalue weighted by atomic mass is 31.1. The van der Waals surface area contributed by atoms with Crippen molar-refractivity contribution in [2.24, 2.45) is 0 Å². The number of rotatable bonds is 3. The molecule has 0 aliphatic carbocycles. The molecule has 0 aliphatic rings. The molecule has 0 aliphatic heterocycles. The third-order valence-corrected chi connectivity index (χ3v) is 4.20. The van der Waals surface area contributed by atoms with E-state index in [1.807, 2.05) is 63.2 Å². The van der Waals surface area contributed by atoms with Crippen LogP contribution in [-0.4, -0.2) is 0 Å². The molecule has 0 saturated carbocycles. The van der Waals surface area contributed by atoms with Gasteiger partial charge in [-0.15, -0.1) is 0 Å². The minimum absolute atomic E-state index is 0.637. The maximum Gasteiger partial charge on any atom is 0.597 e. The summed E-state index contributed by atoms with van der Waals surface area (Å²) in [4.78, 5) is 0. The second kappa shape index (κ2) is 5.32. The predicted octanol–water partition coefficient (Wildman–Crippen LogP) is 4.06. The van der Waals surface area contributed by atoms with E-state index in [9.17, 15) is 4.57 Å². The Morgan fingerprint density at radius 1 is 0.944 bits per heavy atom. The fourth-order valence-electron chi connectivity index (χ4n) is 2.08. The van der Waals surface area contributed by atoms with E-state index in [1.165, 1.54) is 5.56 Å². The van der Waals surface area contributed by atoms with E-state index >= 15 is 0 Å². The highest BCUT2D eigenvalue weighted by molar-refractivity contribution is 7.49. The molecule has 0 amide bonds. The summed E-state index contributed by atoms with van der Waals surface area (Å²) in [7, 11) is -1.86. The van der Waals surface area contributed by atoms with Crippen LogP contribution in [0.15, 0.2) is 42.5 Å². The number of hydrogen-bond acceptors (Lipinski definition) is 2. The average Bonchev–Trinajstić information content (AvgIpc) is 2.28. The molecule has 2 aromatic rings. The first-order chi connectivity index (χ1) is 8.58.